The minimum atomic E-state index is -0.928. The summed E-state index contributed by atoms with van der Waals surface area (Å²) in [6.07, 6.45) is 0. The van der Waals surface area contributed by atoms with Gasteiger partial charge in [-0.25, -0.2) is 13.8 Å². The van der Waals surface area contributed by atoms with E-state index in [2.05, 4.69) is 26.2 Å². The molecule has 3 N–H and O–H groups in total. The molecule has 1 aromatic carbocycles. The molecule has 0 spiro atoms. The highest BCUT2D eigenvalue weighted by Gasteiger charge is 2.13. The quantitative estimate of drug-likeness (QED) is 0.751. The van der Waals surface area contributed by atoms with Gasteiger partial charge in [-0.05, 0) is 28.1 Å². The van der Waals surface area contributed by atoms with E-state index in [9.17, 15) is 8.78 Å². The summed E-state index contributed by atoms with van der Waals surface area (Å²) in [6.45, 7) is 0. The first kappa shape index (κ1) is 14.3. The molecule has 0 aliphatic heterocycles. The first-order valence-electron chi connectivity index (χ1n) is 4.92. The van der Waals surface area contributed by atoms with Crippen LogP contribution in [0.3, 0.4) is 0 Å². The number of nitrogens with one attached hydrogen (secondary N) is 1. The van der Waals surface area contributed by atoms with Crippen LogP contribution in [0.15, 0.2) is 22.7 Å². The smallest absolute Gasteiger partial charge is 0.169 e. The van der Waals surface area contributed by atoms with Crippen molar-refractivity contribution < 1.29 is 8.78 Å². The van der Waals surface area contributed by atoms with Gasteiger partial charge in [-0.2, -0.15) is 0 Å². The van der Waals surface area contributed by atoms with Crippen LogP contribution in [-0.4, -0.2) is 4.98 Å². The van der Waals surface area contributed by atoms with E-state index in [1.807, 2.05) is 0 Å². The zero-order chi connectivity index (χ0) is 14.2. The fourth-order valence-electron chi connectivity index (χ4n) is 1.32. The summed E-state index contributed by atoms with van der Waals surface area (Å²) in [7, 11) is 0. The van der Waals surface area contributed by atoms with Crippen molar-refractivity contribution >= 4 is 56.5 Å². The summed E-state index contributed by atoms with van der Waals surface area (Å²) in [6, 6.07) is 3.83. The molecule has 2 rings (SSSR count). The van der Waals surface area contributed by atoms with Gasteiger partial charge in [-0.15, -0.1) is 0 Å². The maximum Gasteiger partial charge on any atom is 0.169 e. The Morgan fingerprint density at radius 2 is 1.84 bits per heavy atom. The van der Waals surface area contributed by atoms with Crippen LogP contribution >= 0.6 is 39.1 Å². The SMILES string of the molecule is Nc1nc(Nc2ccc(Br)c(Cl)c2Cl)c(F)cc1F. The van der Waals surface area contributed by atoms with Crippen LogP contribution < -0.4 is 11.1 Å². The Hall–Kier alpha value is -1.11. The molecule has 100 valence electrons. The van der Waals surface area contributed by atoms with E-state index in [-0.39, 0.29) is 15.9 Å². The Balaban J connectivity index is 2.42. The van der Waals surface area contributed by atoms with Gasteiger partial charge in [0, 0.05) is 10.5 Å². The summed E-state index contributed by atoms with van der Waals surface area (Å²) < 4.78 is 27.1. The number of nitrogens with two attached hydrogens (primary N) is 1. The van der Waals surface area contributed by atoms with Crippen molar-refractivity contribution in [1.82, 2.24) is 4.98 Å². The molecule has 0 aliphatic carbocycles. The molecule has 0 radical (unpaired) electrons. The van der Waals surface area contributed by atoms with Crippen molar-refractivity contribution in [2.75, 3.05) is 11.1 Å². The Labute approximate surface area is 125 Å². The average Bonchev–Trinajstić information content (AvgIpc) is 2.36. The van der Waals surface area contributed by atoms with Crippen LogP contribution in [0.2, 0.25) is 10.0 Å². The molecule has 0 amide bonds. The summed E-state index contributed by atoms with van der Waals surface area (Å²) >= 11 is 15.1. The van der Waals surface area contributed by atoms with Gasteiger partial charge < -0.3 is 11.1 Å². The van der Waals surface area contributed by atoms with Crippen molar-refractivity contribution in [1.29, 1.82) is 0 Å². The van der Waals surface area contributed by atoms with Gasteiger partial charge in [0.1, 0.15) is 0 Å². The highest BCUT2D eigenvalue weighted by molar-refractivity contribution is 9.10. The number of aromatic nitrogens is 1. The fraction of sp³-hybridized carbons (Fsp3) is 0. The number of halogens is 5. The highest BCUT2D eigenvalue weighted by atomic mass is 79.9. The standard InChI is InChI=1S/C11H6BrCl2F2N3/c12-4-1-2-7(9(14)8(4)13)18-11-6(16)3-5(15)10(17)19-11/h1-3H,(H3,17,18,19). The molecule has 3 nitrogen and oxygen atoms in total. The molecule has 8 heteroatoms. The van der Waals surface area contributed by atoms with E-state index in [0.717, 1.165) is 0 Å². The lowest BCUT2D eigenvalue weighted by molar-refractivity contribution is 0.581. The molecule has 0 bridgehead atoms. The van der Waals surface area contributed by atoms with Gasteiger partial charge in [-0.1, -0.05) is 23.2 Å². The number of hydrogen-bond donors (Lipinski definition) is 2. The molecule has 1 heterocycles. The van der Waals surface area contributed by atoms with Gasteiger partial charge in [-0.3, -0.25) is 0 Å². The van der Waals surface area contributed by atoms with E-state index in [1.54, 1.807) is 12.1 Å². The van der Waals surface area contributed by atoms with Crippen LogP contribution in [0.4, 0.5) is 26.1 Å². The van der Waals surface area contributed by atoms with Crippen LogP contribution in [0, 0.1) is 11.6 Å². The number of rotatable bonds is 2. The molecule has 0 saturated carbocycles. The van der Waals surface area contributed by atoms with Crippen LogP contribution in [0.5, 0.6) is 0 Å². The van der Waals surface area contributed by atoms with Crippen molar-refractivity contribution in [2.45, 2.75) is 0 Å². The fourth-order valence-corrected chi connectivity index (χ4v) is 2.14. The van der Waals surface area contributed by atoms with Crippen LogP contribution in [0.1, 0.15) is 0 Å². The zero-order valence-corrected chi connectivity index (χ0v) is 12.2. The number of pyridine rings is 1. The summed E-state index contributed by atoms with van der Waals surface area (Å²) in [4.78, 5) is 3.56. The number of anilines is 3. The molecule has 0 saturated heterocycles. The van der Waals surface area contributed by atoms with E-state index in [1.165, 1.54) is 0 Å². The third-order valence-corrected chi connectivity index (χ3v) is 4.02. The first-order chi connectivity index (χ1) is 8.90. The minimum absolute atomic E-state index is 0.181. The van der Waals surface area contributed by atoms with Crippen molar-refractivity contribution in [2.24, 2.45) is 0 Å². The summed E-state index contributed by atoms with van der Waals surface area (Å²) in [5.41, 5.74) is 5.60. The number of nitrogens with zero attached hydrogens (tertiary/aromatic N) is 1. The van der Waals surface area contributed by atoms with Gasteiger partial charge in [0.05, 0.1) is 15.7 Å². The monoisotopic (exact) mass is 367 g/mol. The second-order valence-corrected chi connectivity index (χ2v) is 5.14. The molecule has 2 aromatic rings. The maximum absolute atomic E-state index is 13.5. The predicted octanol–water partition coefficient (Wildman–Crippen LogP) is 4.75. The number of nitrogen functional groups attached to an aromatic ring is 1. The van der Waals surface area contributed by atoms with E-state index in [0.29, 0.717) is 16.2 Å². The van der Waals surface area contributed by atoms with Crippen LogP contribution in [-0.2, 0) is 0 Å². The zero-order valence-electron chi connectivity index (χ0n) is 9.15. The number of hydrogen-bond acceptors (Lipinski definition) is 3. The maximum atomic E-state index is 13.5. The van der Waals surface area contributed by atoms with E-state index < -0.39 is 17.5 Å². The Morgan fingerprint density at radius 1 is 1.16 bits per heavy atom. The molecule has 0 atom stereocenters. The third kappa shape index (κ3) is 2.91. The van der Waals surface area contributed by atoms with Gasteiger partial charge >= 0.3 is 0 Å². The van der Waals surface area contributed by atoms with Gasteiger partial charge in [0.2, 0.25) is 0 Å². The predicted molar refractivity (Wildman–Crippen MR) is 76.0 cm³/mol. The second-order valence-electron chi connectivity index (χ2n) is 3.53. The highest BCUT2D eigenvalue weighted by Crippen LogP contribution is 2.37. The topological polar surface area (TPSA) is 50.9 Å². The molecule has 0 aliphatic rings. The van der Waals surface area contributed by atoms with Crippen molar-refractivity contribution in [3.8, 4) is 0 Å². The van der Waals surface area contributed by atoms with Crippen molar-refractivity contribution in [3.63, 3.8) is 0 Å². The Kier molecular flexibility index (Phi) is 4.13. The van der Waals surface area contributed by atoms with E-state index in [4.69, 9.17) is 28.9 Å². The third-order valence-electron chi connectivity index (χ3n) is 2.24. The van der Waals surface area contributed by atoms with Gasteiger partial charge in [0.25, 0.3) is 0 Å². The molecular weight excluding hydrogens is 363 g/mol. The normalized spacial score (nSPS) is 10.6. The molecule has 0 fully saturated rings. The van der Waals surface area contributed by atoms with Crippen molar-refractivity contribution in [3.05, 3.63) is 44.4 Å². The summed E-state index contributed by atoms with van der Waals surface area (Å²) in [5.74, 6) is -2.47. The second kappa shape index (κ2) is 5.48. The van der Waals surface area contributed by atoms with Crippen LogP contribution in [0.25, 0.3) is 0 Å². The molecular formula is C11H6BrCl2F2N3. The first-order valence-corrected chi connectivity index (χ1v) is 6.47. The molecule has 0 unspecified atom stereocenters. The average molecular weight is 369 g/mol. The Bertz CT molecular complexity index is 652. The van der Waals surface area contributed by atoms with Gasteiger partial charge in [0.15, 0.2) is 23.3 Å². The lowest BCUT2D eigenvalue weighted by atomic mass is 10.3. The lowest BCUT2D eigenvalue weighted by Gasteiger charge is -2.11. The Morgan fingerprint density at radius 3 is 2.53 bits per heavy atom. The molecule has 19 heavy (non-hydrogen) atoms. The largest absolute Gasteiger partial charge is 0.381 e. The number of benzene rings is 1. The van der Waals surface area contributed by atoms with E-state index >= 15 is 0 Å². The lowest BCUT2D eigenvalue weighted by Crippen LogP contribution is -2.03. The molecule has 1 aromatic heterocycles. The summed E-state index contributed by atoms with van der Waals surface area (Å²) in [5, 5.41) is 3.05. The minimum Gasteiger partial charge on any atom is -0.381 e.